The lowest BCUT2D eigenvalue weighted by Crippen LogP contribution is -2.42. The maximum Gasteiger partial charge on any atom is 0.416 e. The van der Waals surface area contributed by atoms with Crippen molar-refractivity contribution >= 4 is 23.2 Å². The number of carbonyl (C=O) groups is 2. The van der Waals surface area contributed by atoms with Gasteiger partial charge in [0.1, 0.15) is 0 Å². The number of rotatable bonds is 3. The molecule has 2 aromatic rings. The first kappa shape index (κ1) is 17.5. The maximum absolute atomic E-state index is 12.6. The molecule has 0 spiro atoms. The molecule has 0 radical (unpaired) electrons. The fourth-order valence-electron chi connectivity index (χ4n) is 2.85. The minimum Gasteiger partial charge on any atom is -0.336 e. The Kier molecular flexibility index (Phi) is 4.85. The average Bonchev–Trinajstić information content (AvgIpc) is 3.14. The first-order valence-corrected chi connectivity index (χ1v) is 8.47. The van der Waals surface area contributed by atoms with Gasteiger partial charge in [-0.3, -0.25) is 9.59 Å². The lowest BCUT2D eigenvalue weighted by molar-refractivity contribution is -0.137. The van der Waals surface area contributed by atoms with E-state index in [4.69, 9.17) is 0 Å². The van der Waals surface area contributed by atoms with Crippen LogP contribution in [0.3, 0.4) is 0 Å². The van der Waals surface area contributed by atoms with Crippen molar-refractivity contribution in [3.63, 3.8) is 0 Å². The van der Waals surface area contributed by atoms with Gasteiger partial charge in [0.25, 0.3) is 5.91 Å². The third kappa shape index (κ3) is 3.87. The number of halogens is 3. The van der Waals surface area contributed by atoms with Crippen molar-refractivity contribution in [2.24, 2.45) is 5.92 Å². The van der Waals surface area contributed by atoms with Crippen molar-refractivity contribution in [3.8, 4) is 0 Å². The molecular formula is C16H14F3N3O2S. The Morgan fingerprint density at radius 3 is 2.52 bits per heavy atom. The number of likely N-dealkylation sites (tertiary alicyclic amines) is 1. The molecule has 1 amide bonds. The first-order chi connectivity index (χ1) is 11.9. The third-order valence-electron chi connectivity index (χ3n) is 4.16. The molecule has 2 heterocycles. The molecular weight excluding hydrogens is 355 g/mol. The van der Waals surface area contributed by atoms with Gasteiger partial charge in [0.2, 0.25) is 0 Å². The monoisotopic (exact) mass is 369 g/mol. The van der Waals surface area contributed by atoms with E-state index in [1.165, 1.54) is 12.1 Å². The highest BCUT2D eigenvalue weighted by Crippen LogP contribution is 2.30. The number of amides is 1. The molecule has 1 fully saturated rings. The van der Waals surface area contributed by atoms with E-state index in [1.54, 1.807) is 10.3 Å². The molecule has 1 aliphatic rings. The van der Waals surface area contributed by atoms with Crippen LogP contribution in [0.2, 0.25) is 0 Å². The van der Waals surface area contributed by atoms with E-state index in [0.29, 0.717) is 19.4 Å². The molecule has 0 aliphatic carbocycles. The third-order valence-corrected chi connectivity index (χ3v) is 4.66. The smallest absolute Gasteiger partial charge is 0.336 e. The van der Waals surface area contributed by atoms with Gasteiger partial charge in [-0.2, -0.15) is 13.2 Å². The highest BCUT2D eigenvalue weighted by molar-refractivity contribution is 7.03. The van der Waals surface area contributed by atoms with Crippen molar-refractivity contribution in [1.82, 2.24) is 14.5 Å². The summed E-state index contributed by atoms with van der Waals surface area (Å²) in [6.45, 7) is 0.753. The summed E-state index contributed by atoms with van der Waals surface area (Å²) in [4.78, 5) is 26.4. The van der Waals surface area contributed by atoms with Crippen LogP contribution in [0.4, 0.5) is 13.2 Å². The number of piperidine rings is 1. The van der Waals surface area contributed by atoms with Gasteiger partial charge in [-0.1, -0.05) is 16.6 Å². The van der Waals surface area contributed by atoms with Gasteiger partial charge >= 0.3 is 6.18 Å². The number of aromatic nitrogens is 2. The number of hydrogen-bond acceptors (Lipinski definition) is 5. The van der Waals surface area contributed by atoms with E-state index in [0.717, 1.165) is 23.7 Å². The van der Waals surface area contributed by atoms with Crippen LogP contribution in [-0.2, 0) is 6.18 Å². The Balaban J connectivity index is 1.70. The molecule has 0 bridgehead atoms. The molecule has 9 heteroatoms. The summed E-state index contributed by atoms with van der Waals surface area (Å²) in [5.41, 5.74) is -0.323. The van der Waals surface area contributed by atoms with E-state index in [-0.39, 0.29) is 29.5 Å². The average molecular weight is 369 g/mol. The van der Waals surface area contributed by atoms with Gasteiger partial charge in [0.05, 0.1) is 5.56 Å². The fraction of sp³-hybridized carbons (Fsp3) is 0.375. The van der Waals surface area contributed by atoms with Crippen LogP contribution in [0.1, 0.15) is 39.3 Å². The van der Waals surface area contributed by atoms with Crippen LogP contribution in [0, 0.1) is 5.92 Å². The van der Waals surface area contributed by atoms with Crippen molar-refractivity contribution in [2.75, 3.05) is 13.1 Å². The van der Waals surface area contributed by atoms with Crippen molar-refractivity contribution in [3.05, 3.63) is 46.5 Å². The van der Waals surface area contributed by atoms with Crippen molar-refractivity contribution in [1.29, 1.82) is 0 Å². The largest absolute Gasteiger partial charge is 0.416 e. The second kappa shape index (κ2) is 6.91. The predicted molar refractivity (Wildman–Crippen MR) is 84.3 cm³/mol. The molecule has 0 unspecified atom stereocenters. The number of Topliss-reactive ketones (excluding diaryl/α,β-unsaturated/α-hetero) is 1. The zero-order valence-corrected chi connectivity index (χ0v) is 13.8. The lowest BCUT2D eigenvalue weighted by atomic mass is 9.89. The minimum atomic E-state index is -4.43. The van der Waals surface area contributed by atoms with Crippen LogP contribution in [0.25, 0.3) is 0 Å². The summed E-state index contributed by atoms with van der Waals surface area (Å²) in [5, 5.41) is 5.28. The Bertz CT molecular complexity index is 760. The van der Waals surface area contributed by atoms with E-state index in [2.05, 4.69) is 9.59 Å². The number of nitrogens with zero attached hydrogens (tertiary/aromatic N) is 3. The number of benzene rings is 1. The normalized spacial score (nSPS) is 18.2. The molecule has 132 valence electrons. The predicted octanol–water partition coefficient (Wildman–Crippen LogP) is 3.29. The quantitative estimate of drug-likeness (QED) is 0.779. The van der Waals surface area contributed by atoms with Crippen LogP contribution in [0.5, 0.6) is 0 Å². The second-order valence-corrected chi connectivity index (χ2v) is 6.43. The Hall–Kier alpha value is -2.29. The summed E-state index contributed by atoms with van der Waals surface area (Å²) < 4.78 is 41.5. The molecule has 0 N–H and O–H groups in total. The van der Waals surface area contributed by atoms with Crippen LogP contribution in [-0.4, -0.2) is 39.3 Å². The molecule has 1 aromatic heterocycles. The van der Waals surface area contributed by atoms with Gasteiger partial charge in [-0.15, -0.1) is 5.10 Å². The topological polar surface area (TPSA) is 63.2 Å². The molecule has 1 aliphatic heterocycles. The first-order valence-electron chi connectivity index (χ1n) is 7.64. The van der Waals surface area contributed by atoms with Crippen LogP contribution < -0.4 is 0 Å². The summed E-state index contributed by atoms with van der Waals surface area (Å²) >= 11 is 1.07. The molecule has 3 rings (SSSR count). The molecule has 25 heavy (non-hydrogen) atoms. The summed E-state index contributed by atoms with van der Waals surface area (Å²) in [6.07, 6.45) is -3.18. The van der Waals surface area contributed by atoms with Gasteiger partial charge in [-0.05, 0) is 36.5 Å². The summed E-state index contributed by atoms with van der Waals surface area (Å²) in [7, 11) is 0. The molecule has 5 nitrogen and oxygen atoms in total. The molecule has 1 saturated heterocycles. The van der Waals surface area contributed by atoms with Crippen LogP contribution >= 0.6 is 11.5 Å². The van der Waals surface area contributed by atoms with Crippen LogP contribution in [0.15, 0.2) is 29.6 Å². The Morgan fingerprint density at radius 2 is 1.92 bits per heavy atom. The lowest BCUT2D eigenvalue weighted by Gasteiger charge is -2.31. The maximum atomic E-state index is 12.6. The summed E-state index contributed by atoms with van der Waals surface area (Å²) in [6, 6.07) is 4.19. The fourth-order valence-corrected chi connectivity index (χ4v) is 3.28. The Morgan fingerprint density at radius 1 is 1.20 bits per heavy atom. The van der Waals surface area contributed by atoms with E-state index >= 15 is 0 Å². The van der Waals surface area contributed by atoms with Crippen molar-refractivity contribution < 1.29 is 22.8 Å². The zero-order chi connectivity index (χ0) is 18.0. The van der Waals surface area contributed by atoms with Gasteiger partial charge in [0, 0.05) is 30.0 Å². The van der Waals surface area contributed by atoms with Gasteiger partial charge in [0.15, 0.2) is 11.5 Å². The van der Waals surface area contributed by atoms with Crippen molar-refractivity contribution in [2.45, 2.75) is 19.0 Å². The number of hydrogen-bond donors (Lipinski definition) is 0. The Labute approximate surface area is 145 Å². The number of carbonyl (C=O) groups excluding carboxylic acids is 2. The molecule has 0 saturated carbocycles. The van der Waals surface area contributed by atoms with Gasteiger partial charge < -0.3 is 4.90 Å². The number of ketones is 1. The highest BCUT2D eigenvalue weighted by atomic mass is 32.1. The summed E-state index contributed by atoms with van der Waals surface area (Å²) in [5.74, 6) is -0.956. The second-order valence-electron chi connectivity index (χ2n) is 5.82. The molecule has 1 atom stereocenters. The van der Waals surface area contributed by atoms with Gasteiger partial charge in [-0.25, -0.2) is 0 Å². The van der Waals surface area contributed by atoms with E-state index in [1.807, 2.05) is 0 Å². The number of alkyl halides is 3. The standard InChI is InChI=1S/C16H14F3N3O2S/c17-16(18,19)12-5-3-10(4-6-12)14(23)11-2-1-7-22(8-11)15(24)13-9-25-21-20-13/h3-6,9,11H,1-2,7-8H2/t11-/m0/s1. The van der Waals surface area contributed by atoms with E-state index in [9.17, 15) is 22.8 Å². The molecule has 1 aromatic carbocycles. The highest BCUT2D eigenvalue weighted by Gasteiger charge is 2.32. The SMILES string of the molecule is O=C(c1ccc(C(F)(F)F)cc1)[C@H]1CCCN(C(=O)c2csnn2)C1. The van der Waals surface area contributed by atoms with E-state index < -0.39 is 17.7 Å². The minimum absolute atomic E-state index is 0.225. The zero-order valence-electron chi connectivity index (χ0n) is 13.0.